The predicted octanol–water partition coefficient (Wildman–Crippen LogP) is 3.87. The number of carbonyl (C=O) groups excluding carboxylic acids is 1. The minimum absolute atomic E-state index is 0.104. The van der Waals surface area contributed by atoms with E-state index in [9.17, 15) is 4.79 Å². The summed E-state index contributed by atoms with van der Waals surface area (Å²) >= 11 is 11.8. The number of halogens is 2. The van der Waals surface area contributed by atoms with E-state index in [0.717, 1.165) is 12.8 Å². The van der Waals surface area contributed by atoms with Crippen molar-refractivity contribution in [2.24, 2.45) is 0 Å². The van der Waals surface area contributed by atoms with E-state index in [1.165, 1.54) is 6.26 Å². The number of hydrogen-bond donors (Lipinski definition) is 0. The third-order valence-electron chi connectivity index (χ3n) is 2.42. The first-order valence-corrected chi connectivity index (χ1v) is 5.75. The third kappa shape index (κ3) is 2.23. The van der Waals surface area contributed by atoms with Crippen molar-refractivity contribution in [2.45, 2.75) is 12.8 Å². The second-order valence-electron chi connectivity index (χ2n) is 3.55. The molecule has 0 aromatic heterocycles. The van der Waals surface area contributed by atoms with E-state index in [-0.39, 0.29) is 5.78 Å². The van der Waals surface area contributed by atoms with E-state index in [0.29, 0.717) is 27.8 Å². The fraction of sp³-hybridized carbons (Fsp3) is 0.250. The Morgan fingerprint density at radius 2 is 2.12 bits per heavy atom. The highest BCUT2D eigenvalue weighted by atomic mass is 35.5. The fourth-order valence-electron chi connectivity index (χ4n) is 1.58. The number of rotatable bonds is 2. The van der Waals surface area contributed by atoms with Crippen LogP contribution in [0.4, 0.5) is 0 Å². The van der Waals surface area contributed by atoms with Crippen molar-refractivity contribution in [1.82, 2.24) is 0 Å². The van der Waals surface area contributed by atoms with Crippen LogP contribution in [0, 0.1) is 0 Å². The molecule has 1 aliphatic heterocycles. The quantitative estimate of drug-likeness (QED) is 0.751. The molecule has 0 atom stereocenters. The van der Waals surface area contributed by atoms with Crippen LogP contribution in [-0.4, -0.2) is 12.4 Å². The Labute approximate surface area is 104 Å². The van der Waals surface area contributed by atoms with Gasteiger partial charge in [-0.05, 0) is 25.0 Å². The summed E-state index contributed by atoms with van der Waals surface area (Å²) in [5.41, 5.74) is 1.08. The molecule has 0 amide bonds. The maximum absolute atomic E-state index is 12.1. The van der Waals surface area contributed by atoms with Gasteiger partial charge in [0.2, 0.25) is 0 Å². The van der Waals surface area contributed by atoms with Crippen LogP contribution in [-0.2, 0) is 4.74 Å². The van der Waals surface area contributed by atoms with Gasteiger partial charge >= 0.3 is 0 Å². The molecule has 84 valence electrons. The first kappa shape index (κ1) is 11.5. The average molecular weight is 257 g/mol. The number of Topliss-reactive ketones (excluding diaryl/α,β-unsaturated/α-hetero) is 1. The molecule has 1 aliphatic rings. The highest BCUT2D eigenvalue weighted by Crippen LogP contribution is 2.28. The van der Waals surface area contributed by atoms with E-state index < -0.39 is 0 Å². The molecule has 1 aromatic carbocycles. The average Bonchev–Trinajstić information content (AvgIpc) is 2.33. The van der Waals surface area contributed by atoms with E-state index in [1.54, 1.807) is 18.2 Å². The van der Waals surface area contributed by atoms with Gasteiger partial charge in [0.25, 0.3) is 0 Å². The van der Waals surface area contributed by atoms with Gasteiger partial charge in [-0.15, -0.1) is 0 Å². The lowest BCUT2D eigenvalue weighted by atomic mass is 10.00. The molecule has 0 radical (unpaired) electrons. The van der Waals surface area contributed by atoms with Crippen molar-refractivity contribution in [1.29, 1.82) is 0 Å². The largest absolute Gasteiger partial charge is 0.501 e. The summed E-state index contributed by atoms with van der Waals surface area (Å²) in [6.45, 7) is 0.667. The molecule has 0 saturated carbocycles. The first-order valence-electron chi connectivity index (χ1n) is 4.99. The Bertz CT molecular complexity index is 452. The Balaban J connectivity index is 2.33. The Morgan fingerprint density at radius 1 is 1.31 bits per heavy atom. The van der Waals surface area contributed by atoms with Crippen LogP contribution in [0.1, 0.15) is 23.2 Å². The van der Waals surface area contributed by atoms with Crippen molar-refractivity contribution < 1.29 is 9.53 Å². The summed E-state index contributed by atoms with van der Waals surface area (Å²) in [6, 6.07) is 5.05. The van der Waals surface area contributed by atoms with Crippen LogP contribution in [0.3, 0.4) is 0 Å². The highest BCUT2D eigenvalue weighted by molar-refractivity contribution is 6.44. The molecular weight excluding hydrogens is 247 g/mol. The van der Waals surface area contributed by atoms with Gasteiger partial charge in [0, 0.05) is 11.1 Å². The lowest BCUT2D eigenvalue weighted by molar-refractivity contribution is 0.101. The van der Waals surface area contributed by atoms with Crippen LogP contribution >= 0.6 is 23.2 Å². The molecule has 0 bridgehead atoms. The maximum Gasteiger partial charge on any atom is 0.193 e. The molecule has 0 spiro atoms. The molecule has 0 fully saturated rings. The van der Waals surface area contributed by atoms with Crippen LogP contribution < -0.4 is 0 Å². The van der Waals surface area contributed by atoms with Gasteiger partial charge in [-0.1, -0.05) is 29.3 Å². The number of ketones is 1. The van der Waals surface area contributed by atoms with Gasteiger partial charge in [-0.3, -0.25) is 4.79 Å². The summed E-state index contributed by atoms with van der Waals surface area (Å²) < 4.78 is 5.14. The van der Waals surface area contributed by atoms with Gasteiger partial charge in [-0.25, -0.2) is 0 Å². The lowest BCUT2D eigenvalue weighted by Crippen LogP contribution is -2.09. The molecule has 2 rings (SSSR count). The number of hydrogen-bond acceptors (Lipinski definition) is 2. The van der Waals surface area contributed by atoms with Crippen molar-refractivity contribution >= 4 is 29.0 Å². The van der Waals surface area contributed by atoms with Gasteiger partial charge < -0.3 is 4.74 Å². The van der Waals surface area contributed by atoms with Crippen molar-refractivity contribution in [3.63, 3.8) is 0 Å². The molecule has 0 N–H and O–H groups in total. The van der Waals surface area contributed by atoms with Gasteiger partial charge in [0.1, 0.15) is 0 Å². The summed E-state index contributed by atoms with van der Waals surface area (Å²) in [7, 11) is 0. The number of ether oxygens (including phenoxy) is 1. The molecule has 1 heterocycles. The predicted molar refractivity (Wildman–Crippen MR) is 64.1 cm³/mol. The van der Waals surface area contributed by atoms with Crippen molar-refractivity contribution in [3.8, 4) is 0 Å². The van der Waals surface area contributed by atoms with Crippen LogP contribution in [0.2, 0.25) is 10.0 Å². The fourth-order valence-corrected chi connectivity index (χ4v) is 1.97. The zero-order valence-electron chi connectivity index (χ0n) is 8.50. The first-order chi connectivity index (χ1) is 7.70. The second kappa shape index (κ2) is 4.89. The summed E-state index contributed by atoms with van der Waals surface area (Å²) in [6.07, 6.45) is 3.10. The minimum atomic E-state index is -0.104. The summed E-state index contributed by atoms with van der Waals surface area (Å²) in [5.74, 6) is -0.104. The summed E-state index contributed by atoms with van der Waals surface area (Å²) in [4.78, 5) is 12.1. The van der Waals surface area contributed by atoms with E-state index in [2.05, 4.69) is 0 Å². The topological polar surface area (TPSA) is 26.3 Å². The van der Waals surface area contributed by atoms with Crippen LogP contribution in [0.25, 0.3) is 0 Å². The lowest BCUT2D eigenvalue weighted by Gasteiger charge is -2.13. The Hall–Kier alpha value is -0.990. The molecular formula is C12H10Cl2O2. The second-order valence-corrected chi connectivity index (χ2v) is 4.33. The van der Waals surface area contributed by atoms with E-state index in [4.69, 9.17) is 27.9 Å². The number of carbonyl (C=O) groups is 1. The van der Waals surface area contributed by atoms with Gasteiger partial charge in [-0.2, -0.15) is 0 Å². The Kier molecular flexibility index (Phi) is 3.52. The van der Waals surface area contributed by atoms with Crippen molar-refractivity contribution in [3.05, 3.63) is 45.6 Å². The molecule has 0 aliphatic carbocycles. The molecule has 16 heavy (non-hydrogen) atoms. The third-order valence-corrected chi connectivity index (χ3v) is 3.24. The van der Waals surface area contributed by atoms with E-state index >= 15 is 0 Å². The van der Waals surface area contributed by atoms with Crippen LogP contribution in [0.15, 0.2) is 30.0 Å². The minimum Gasteiger partial charge on any atom is -0.501 e. The number of allylic oxidation sites excluding steroid dienone is 1. The number of benzene rings is 1. The van der Waals surface area contributed by atoms with Gasteiger partial charge in [0.15, 0.2) is 5.78 Å². The molecule has 0 unspecified atom stereocenters. The van der Waals surface area contributed by atoms with Crippen LogP contribution in [0.5, 0.6) is 0 Å². The van der Waals surface area contributed by atoms with Gasteiger partial charge in [0.05, 0.1) is 22.9 Å². The SMILES string of the molecule is O=C(C1=COCCC1)c1cccc(Cl)c1Cl. The molecule has 1 aromatic rings. The zero-order chi connectivity index (χ0) is 11.5. The van der Waals surface area contributed by atoms with Crippen molar-refractivity contribution in [2.75, 3.05) is 6.61 Å². The highest BCUT2D eigenvalue weighted by Gasteiger charge is 2.18. The summed E-state index contributed by atoms with van der Waals surface area (Å²) in [5, 5.41) is 0.700. The Morgan fingerprint density at radius 3 is 2.81 bits per heavy atom. The molecule has 2 nitrogen and oxygen atoms in total. The monoisotopic (exact) mass is 256 g/mol. The normalized spacial score (nSPS) is 15.2. The standard InChI is InChI=1S/C12H10Cl2O2/c13-10-5-1-4-9(11(10)14)12(15)8-3-2-6-16-7-8/h1,4-5,7H,2-3,6H2. The molecule has 0 saturated heterocycles. The van der Waals surface area contributed by atoms with E-state index in [1.807, 2.05) is 0 Å². The smallest absolute Gasteiger partial charge is 0.193 e. The molecule has 4 heteroatoms. The maximum atomic E-state index is 12.1. The zero-order valence-corrected chi connectivity index (χ0v) is 10.0.